The average molecular weight is 439 g/mol. The lowest BCUT2D eigenvalue weighted by Gasteiger charge is -2.32. The van der Waals surface area contributed by atoms with E-state index in [1.807, 2.05) is 27.7 Å². The first-order valence-corrected chi connectivity index (χ1v) is 9.78. The van der Waals surface area contributed by atoms with Gasteiger partial charge >= 0.3 is 19.2 Å². The van der Waals surface area contributed by atoms with Crippen LogP contribution in [0.25, 0.3) is 6.08 Å². The SMILES string of the molecule is CC(C)(C)OC(=O)NCC(=Cc1cc(F)c(C(=O)O)cc1F)B1OC(C)(C)C(C)(C)O1. The maximum atomic E-state index is 14.5. The largest absolute Gasteiger partial charge is 0.492 e. The minimum atomic E-state index is -1.58. The molecule has 1 fully saturated rings. The lowest BCUT2D eigenvalue weighted by atomic mass is 9.77. The van der Waals surface area contributed by atoms with Gasteiger partial charge in [-0.3, -0.25) is 0 Å². The number of benzene rings is 1. The van der Waals surface area contributed by atoms with Gasteiger partial charge in [-0.2, -0.15) is 0 Å². The summed E-state index contributed by atoms with van der Waals surface area (Å²) in [7, 11) is -0.957. The highest BCUT2D eigenvalue weighted by Gasteiger charge is 2.52. The molecule has 0 aromatic heterocycles. The summed E-state index contributed by atoms with van der Waals surface area (Å²) >= 11 is 0. The molecule has 1 amide bonds. The first-order chi connectivity index (χ1) is 14.0. The first kappa shape index (κ1) is 24.8. The summed E-state index contributed by atoms with van der Waals surface area (Å²) in [6, 6.07) is 1.38. The smallest absolute Gasteiger partial charge is 0.478 e. The van der Waals surface area contributed by atoms with Crippen LogP contribution >= 0.6 is 0 Å². The van der Waals surface area contributed by atoms with Gasteiger partial charge in [0.05, 0.1) is 16.8 Å². The molecule has 1 saturated heterocycles. The number of carbonyl (C=O) groups is 2. The van der Waals surface area contributed by atoms with Crippen LogP contribution in [0.4, 0.5) is 13.6 Å². The van der Waals surface area contributed by atoms with Crippen molar-refractivity contribution in [2.45, 2.75) is 65.3 Å². The van der Waals surface area contributed by atoms with Crippen molar-refractivity contribution in [2.75, 3.05) is 6.54 Å². The number of hydrogen-bond donors (Lipinski definition) is 2. The molecule has 170 valence electrons. The van der Waals surface area contributed by atoms with Crippen molar-refractivity contribution in [3.8, 4) is 0 Å². The van der Waals surface area contributed by atoms with Crippen molar-refractivity contribution in [3.63, 3.8) is 0 Å². The third-order valence-electron chi connectivity index (χ3n) is 5.05. The normalized spacial score (nSPS) is 18.1. The molecule has 0 saturated carbocycles. The minimum Gasteiger partial charge on any atom is -0.478 e. The number of carbonyl (C=O) groups excluding carboxylic acids is 1. The van der Waals surface area contributed by atoms with Gasteiger partial charge in [-0.15, -0.1) is 0 Å². The zero-order valence-electron chi connectivity index (χ0n) is 18.8. The second-order valence-electron chi connectivity index (χ2n) is 9.32. The van der Waals surface area contributed by atoms with Crippen LogP contribution in [0.1, 0.15) is 64.4 Å². The Morgan fingerprint density at radius 3 is 2.16 bits per heavy atom. The number of aromatic carboxylic acids is 1. The van der Waals surface area contributed by atoms with Crippen LogP contribution in [0, 0.1) is 11.6 Å². The molecule has 0 bridgehead atoms. The predicted octanol–water partition coefficient (Wildman–Crippen LogP) is 4.20. The van der Waals surface area contributed by atoms with Gasteiger partial charge < -0.3 is 24.5 Å². The molecule has 2 N–H and O–H groups in total. The quantitative estimate of drug-likeness (QED) is 0.668. The average Bonchev–Trinajstić information content (AvgIpc) is 2.79. The molecule has 1 aromatic rings. The zero-order valence-corrected chi connectivity index (χ0v) is 18.8. The van der Waals surface area contributed by atoms with E-state index < -0.39 is 53.2 Å². The molecule has 0 unspecified atom stereocenters. The van der Waals surface area contributed by atoms with E-state index in [1.165, 1.54) is 6.08 Å². The highest BCUT2D eigenvalue weighted by molar-refractivity contribution is 6.56. The van der Waals surface area contributed by atoms with Crippen LogP contribution < -0.4 is 5.32 Å². The molecule has 1 aliphatic rings. The van der Waals surface area contributed by atoms with Gasteiger partial charge in [0.1, 0.15) is 17.2 Å². The van der Waals surface area contributed by atoms with E-state index >= 15 is 0 Å². The van der Waals surface area contributed by atoms with E-state index in [0.29, 0.717) is 11.5 Å². The fraction of sp³-hybridized carbons (Fsp3) is 0.524. The monoisotopic (exact) mass is 439 g/mol. The Morgan fingerprint density at radius 1 is 1.13 bits per heavy atom. The summed E-state index contributed by atoms with van der Waals surface area (Å²) in [5.74, 6) is -3.61. The van der Waals surface area contributed by atoms with Crippen molar-refractivity contribution in [1.82, 2.24) is 5.32 Å². The van der Waals surface area contributed by atoms with Gasteiger partial charge in [0.15, 0.2) is 0 Å². The van der Waals surface area contributed by atoms with Crippen molar-refractivity contribution in [1.29, 1.82) is 0 Å². The van der Waals surface area contributed by atoms with Crippen LogP contribution in [0.5, 0.6) is 0 Å². The Morgan fingerprint density at radius 2 is 1.68 bits per heavy atom. The van der Waals surface area contributed by atoms with Crippen molar-refractivity contribution < 1.29 is 37.5 Å². The van der Waals surface area contributed by atoms with Crippen LogP contribution in [0.2, 0.25) is 0 Å². The maximum absolute atomic E-state index is 14.5. The van der Waals surface area contributed by atoms with Gasteiger partial charge in [-0.05, 0) is 66.1 Å². The van der Waals surface area contributed by atoms with E-state index in [0.717, 1.165) is 6.07 Å². The minimum absolute atomic E-state index is 0.131. The number of rotatable bonds is 5. The zero-order chi connectivity index (χ0) is 23.8. The molecule has 1 aromatic carbocycles. The molecule has 10 heteroatoms. The lowest BCUT2D eigenvalue weighted by molar-refractivity contribution is 0.00578. The molecule has 0 atom stereocenters. The predicted molar refractivity (Wildman–Crippen MR) is 112 cm³/mol. The molecule has 0 radical (unpaired) electrons. The molecular weight excluding hydrogens is 411 g/mol. The summed E-state index contributed by atoms with van der Waals surface area (Å²) in [4.78, 5) is 23.1. The number of nitrogens with one attached hydrogen (secondary N) is 1. The van der Waals surface area contributed by atoms with Crippen molar-refractivity contribution >= 4 is 25.3 Å². The van der Waals surface area contributed by atoms with Gasteiger partial charge in [0, 0.05) is 12.1 Å². The van der Waals surface area contributed by atoms with E-state index in [9.17, 15) is 18.4 Å². The third kappa shape index (κ3) is 6.04. The summed E-state index contributed by atoms with van der Waals surface area (Å²) in [5, 5.41) is 11.5. The van der Waals surface area contributed by atoms with E-state index in [-0.39, 0.29) is 12.1 Å². The molecule has 0 aliphatic carbocycles. The Kier molecular flexibility index (Phi) is 6.87. The summed E-state index contributed by atoms with van der Waals surface area (Å²) in [6.45, 7) is 12.3. The number of carboxylic acid groups (broad SMARTS) is 1. The molecule has 0 spiro atoms. The topological polar surface area (TPSA) is 94.1 Å². The molecule has 2 rings (SSSR count). The van der Waals surface area contributed by atoms with Crippen LogP contribution in [-0.4, -0.2) is 47.6 Å². The lowest BCUT2D eigenvalue weighted by Crippen LogP contribution is -2.41. The van der Waals surface area contributed by atoms with Crippen LogP contribution in [0.3, 0.4) is 0 Å². The van der Waals surface area contributed by atoms with Gasteiger partial charge in [-0.1, -0.05) is 6.08 Å². The Labute approximate surface area is 180 Å². The summed E-state index contributed by atoms with van der Waals surface area (Å²) < 4.78 is 45.8. The van der Waals surface area contributed by atoms with Gasteiger partial charge in [-0.25, -0.2) is 18.4 Å². The van der Waals surface area contributed by atoms with Crippen molar-refractivity contribution in [2.24, 2.45) is 0 Å². The Balaban J connectivity index is 2.40. The molecule has 1 aliphatic heterocycles. The standard InChI is InChI=1S/C21H28BF2NO6/c1-19(2,3)29-18(28)25-11-13(22-30-20(4,5)21(6,7)31-22)8-12-9-16(24)14(17(26)27)10-15(12)23/h8-10H,11H2,1-7H3,(H,25,28)(H,26,27). The van der Waals surface area contributed by atoms with Crippen LogP contribution in [-0.2, 0) is 14.0 Å². The first-order valence-electron chi connectivity index (χ1n) is 9.78. The number of carboxylic acids is 1. The van der Waals surface area contributed by atoms with E-state index in [4.69, 9.17) is 19.2 Å². The molecule has 1 heterocycles. The Bertz CT molecular complexity index is 892. The highest BCUT2D eigenvalue weighted by Crippen LogP contribution is 2.39. The molecule has 7 nitrogen and oxygen atoms in total. The number of hydrogen-bond acceptors (Lipinski definition) is 5. The maximum Gasteiger partial charge on any atom is 0.492 e. The fourth-order valence-corrected chi connectivity index (χ4v) is 2.72. The van der Waals surface area contributed by atoms with Crippen molar-refractivity contribution in [3.05, 3.63) is 40.4 Å². The number of halogens is 2. The molecule has 31 heavy (non-hydrogen) atoms. The Hall–Kier alpha value is -2.46. The van der Waals surface area contributed by atoms with Crippen LogP contribution in [0.15, 0.2) is 17.6 Å². The number of ether oxygens (including phenoxy) is 1. The van der Waals surface area contributed by atoms with Gasteiger partial charge in [0.2, 0.25) is 0 Å². The van der Waals surface area contributed by atoms with E-state index in [2.05, 4.69) is 5.32 Å². The highest BCUT2D eigenvalue weighted by atomic mass is 19.1. The summed E-state index contributed by atoms with van der Waals surface area (Å²) in [6.07, 6.45) is 0.562. The molecular formula is C21H28BF2NO6. The summed E-state index contributed by atoms with van der Waals surface area (Å²) in [5.41, 5.74) is -2.83. The second-order valence-corrected chi connectivity index (χ2v) is 9.32. The fourth-order valence-electron chi connectivity index (χ4n) is 2.72. The number of alkyl carbamates (subject to hydrolysis) is 1. The third-order valence-corrected chi connectivity index (χ3v) is 5.05. The van der Waals surface area contributed by atoms with E-state index in [1.54, 1.807) is 20.8 Å². The second kappa shape index (κ2) is 8.59. The van der Waals surface area contributed by atoms with Gasteiger partial charge in [0.25, 0.3) is 0 Å². The number of amides is 1.